The second-order valence-corrected chi connectivity index (χ2v) is 7.15. The Morgan fingerprint density at radius 2 is 1.81 bits per heavy atom. The minimum Gasteiger partial charge on any atom is -0.493 e. The van der Waals surface area contributed by atoms with Crippen molar-refractivity contribution in [2.75, 3.05) is 34.5 Å². The number of nitrogens with zero attached hydrogens (tertiary/aromatic N) is 1. The lowest BCUT2D eigenvalue weighted by molar-refractivity contribution is -0.117. The summed E-state index contributed by atoms with van der Waals surface area (Å²) in [6.07, 6.45) is 2.85. The first kappa shape index (κ1) is 24.9. The number of nitrogens with one attached hydrogen (secondary N) is 1. The third-order valence-electron chi connectivity index (χ3n) is 4.53. The summed E-state index contributed by atoms with van der Waals surface area (Å²) in [5.41, 5.74) is 1.48. The van der Waals surface area contributed by atoms with Gasteiger partial charge in [0.2, 0.25) is 0 Å². The van der Waals surface area contributed by atoms with E-state index in [4.69, 9.17) is 30.5 Å². The third-order valence-corrected chi connectivity index (χ3v) is 4.81. The molecule has 0 bridgehead atoms. The number of benzene rings is 2. The van der Waals surface area contributed by atoms with Crippen molar-refractivity contribution in [2.45, 2.75) is 19.8 Å². The Labute approximate surface area is 193 Å². The number of carbonyl (C=O) groups excluding carboxylic acids is 1. The van der Waals surface area contributed by atoms with Crippen LogP contribution in [0.5, 0.6) is 23.0 Å². The van der Waals surface area contributed by atoms with Gasteiger partial charge in [0, 0.05) is 6.54 Å². The standard InChI is InChI=1S/C24H27ClN2O5/c1-5-10-32-23-19(25)12-17(14-22(23)31-4)11-18(15-26)24(28)27-9-8-16-6-7-20(29-2)21(13-16)30-3/h6-7,11-14H,5,8-10H2,1-4H3,(H,27,28)/b18-11+. The maximum Gasteiger partial charge on any atom is 0.261 e. The normalized spacial score (nSPS) is 10.8. The van der Waals surface area contributed by atoms with Crippen LogP contribution >= 0.6 is 11.6 Å². The molecule has 0 unspecified atom stereocenters. The van der Waals surface area contributed by atoms with Crippen LogP contribution in [0.25, 0.3) is 6.08 Å². The highest BCUT2D eigenvalue weighted by Crippen LogP contribution is 2.37. The van der Waals surface area contributed by atoms with Gasteiger partial charge in [-0.05, 0) is 54.3 Å². The molecule has 2 aromatic rings. The molecular weight excluding hydrogens is 432 g/mol. The van der Waals surface area contributed by atoms with Crippen LogP contribution in [0.4, 0.5) is 0 Å². The van der Waals surface area contributed by atoms with Crippen molar-refractivity contribution in [1.82, 2.24) is 5.32 Å². The van der Waals surface area contributed by atoms with Crippen molar-refractivity contribution < 1.29 is 23.7 Å². The highest BCUT2D eigenvalue weighted by Gasteiger charge is 2.14. The van der Waals surface area contributed by atoms with E-state index in [0.717, 1.165) is 12.0 Å². The van der Waals surface area contributed by atoms with Gasteiger partial charge >= 0.3 is 0 Å². The molecule has 0 radical (unpaired) electrons. The van der Waals surface area contributed by atoms with Crippen LogP contribution in [0.1, 0.15) is 24.5 Å². The van der Waals surface area contributed by atoms with E-state index in [1.807, 2.05) is 31.2 Å². The third kappa shape index (κ3) is 6.56. The molecule has 2 rings (SSSR count). The summed E-state index contributed by atoms with van der Waals surface area (Å²) < 4.78 is 21.5. The molecule has 0 aliphatic heterocycles. The zero-order valence-electron chi connectivity index (χ0n) is 18.7. The Hall–Kier alpha value is -3.37. The average molecular weight is 459 g/mol. The minimum absolute atomic E-state index is 0.0438. The molecule has 0 saturated carbocycles. The van der Waals surface area contributed by atoms with Crippen LogP contribution in [0.2, 0.25) is 5.02 Å². The van der Waals surface area contributed by atoms with Crippen LogP contribution < -0.4 is 24.3 Å². The predicted molar refractivity (Wildman–Crippen MR) is 124 cm³/mol. The SMILES string of the molecule is CCCOc1c(Cl)cc(/C=C(\C#N)C(=O)NCCc2ccc(OC)c(OC)c2)cc1OC. The Bertz CT molecular complexity index is 1010. The summed E-state index contributed by atoms with van der Waals surface area (Å²) in [6, 6.07) is 10.8. The first-order valence-electron chi connectivity index (χ1n) is 10.1. The summed E-state index contributed by atoms with van der Waals surface area (Å²) in [4.78, 5) is 12.5. The van der Waals surface area contributed by atoms with Gasteiger partial charge in [-0.1, -0.05) is 24.6 Å². The quantitative estimate of drug-likeness (QED) is 0.396. The Morgan fingerprint density at radius 1 is 1.09 bits per heavy atom. The Morgan fingerprint density at radius 3 is 2.44 bits per heavy atom. The number of methoxy groups -OCH3 is 3. The molecule has 1 amide bonds. The Balaban J connectivity index is 2.09. The van der Waals surface area contributed by atoms with Crippen LogP contribution in [-0.2, 0) is 11.2 Å². The van der Waals surface area contributed by atoms with E-state index in [-0.39, 0.29) is 5.57 Å². The number of halogens is 1. The fraction of sp³-hybridized carbons (Fsp3) is 0.333. The van der Waals surface area contributed by atoms with Crippen LogP contribution in [0, 0.1) is 11.3 Å². The minimum atomic E-state index is -0.477. The largest absolute Gasteiger partial charge is 0.493 e. The molecule has 0 aromatic heterocycles. The van der Waals surface area contributed by atoms with Gasteiger partial charge < -0.3 is 24.3 Å². The maximum atomic E-state index is 12.5. The molecule has 32 heavy (non-hydrogen) atoms. The fourth-order valence-electron chi connectivity index (χ4n) is 2.93. The molecule has 0 atom stereocenters. The lowest BCUT2D eigenvalue weighted by atomic mass is 10.1. The lowest BCUT2D eigenvalue weighted by Crippen LogP contribution is -2.26. The van der Waals surface area contributed by atoms with Gasteiger partial charge in [-0.15, -0.1) is 0 Å². The highest BCUT2D eigenvalue weighted by molar-refractivity contribution is 6.32. The molecule has 0 heterocycles. The van der Waals surface area contributed by atoms with Crippen LogP contribution in [-0.4, -0.2) is 40.4 Å². The first-order valence-corrected chi connectivity index (χ1v) is 10.5. The van der Waals surface area contributed by atoms with Crippen molar-refractivity contribution >= 4 is 23.6 Å². The van der Waals surface area contributed by atoms with Crippen molar-refractivity contribution in [2.24, 2.45) is 0 Å². The molecule has 8 heteroatoms. The first-order chi connectivity index (χ1) is 15.5. The smallest absolute Gasteiger partial charge is 0.261 e. The average Bonchev–Trinajstić information content (AvgIpc) is 2.81. The number of hydrogen-bond acceptors (Lipinski definition) is 6. The van der Waals surface area contributed by atoms with E-state index in [1.54, 1.807) is 26.4 Å². The van der Waals surface area contributed by atoms with E-state index in [0.29, 0.717) is 53.2 Å². The van der Waals surface area contributed by atoms with Crippen molar-refractivity contribution in [3.05, 3.63) is 52.1 Å². The van der Waals surface area contributed by atoms with Crippen molar-refractivity contribution in [3.63, 3.8) is 0 Å². The molecule has 170 valence electrons. The molecule has 0 aliphatic carbocycles. The monoisotopic (exact) mass is 458 g/mol. The number of hydrogen-bond donors (Lipinski definition) is 1. The van der Waals surface area contributed by atoms with Gasteiger partial charge in [0.25, 0.3) is 5.91 Å². The summed E-state index contributed by atoms with van der Waals surface area (Å²) in [6.45, 7) is 2.83. The van der Waals surface area contributed by atoms with Gasteiger partial charge in [0.15, 0.2) is 23.0 Å². The molecule has 0 spiro atoms. The summed E-state index contributed by atoms with van der Waals surface area (Å²) >= 11 is 6.32. The zero-order valence-corrected chi connectivity index (χ0v) is 19.4. The van der Waals surface area contributed by atoms with Crippen LogP contribution in [0.3, 0.4) is 0 Å². The molecule has 0 saturated heterocycles. The molecule has 1 N–H and O–H groups in total. The molecule has 7 nitrogen and oxygen atoms in total. The molecule has 0 aliphatic rings. The number of carbonyl (C=O) groups is 1. The fourth-order valence-corrected chi connectivity index (χ4v) is 3.21. The summed E-state index contributed by atoms with van der Waals surface area (Å²) in [5, 5.41) is 12.6. The van der Waals surface area contributed by atoms with Gasteiger partial charge in [-0.2, -0.15) is 5.26 Å². The van der Waals surface area contributed by atoms with Crippen molar-refractivity contribution in [1.29, 1.82) is 5.26 Å². The molecule has 2 aromatic carbocycles. The Kier molecular flexibility index (Phi) is 9.71. The van der Waals surface area contributed by atoms with E-state index < -0.39 is 5.91 Å². The van der Waals surface area contributed by atoms with Gasteiger partial charge in [-0.25, -0.2) is 0 Å². The number of nitriles is 1. The van der Waals surface area contributed by atoms with E-state index in [9.17, 15) is 10.1 Å². The molecule has 0 fully saturated rings. The zero-order chi connectivity index (χ0) is 23.5. The second-order valence-electron chi connectivity index (χ2n) is 6.75. The number of rotatable bonds is 11. The van der Waals surface area contributed by atoms with Crippen molar-refractivity contribution in [3.8, 4) is 29.1 Å². The second kappa shape index (κ2) is 12.5. The van der Waals surface area contributed by atoms with E-state index in [2.05, 4.69) is 5.32 Å². The molecular formula is C24H27ClN2O5. The van der Waals surface area contributed by atoms with E-state index in [1.165, 1.54) is 13.2 Å². The predicted octanol–water partition coefficient (Wildman–Crippen LogP) is 4.42. The summed E-state index contributed by atoms with van der Waals surface area (Å²) in [5.74, 6) is 1.64. The van der Waals surface area contributed by atoms with Gasteiger partial charge in [0.05, 0.1) is 33.0 Å². The number of amides is 1. The van der Waals surface area contributed by atoms with Gasteiger partial charge in [-0.3, -0.25) is 4.79 Å². The number of ether oxygens (including phenoxy) is 4. The van der Waals surface area contributed by atoms with Crippen LogP contribution in [0.15, 0.2) is 35.9 Å². The van der Waals surface area contributed by atoms with E-state index >= 15 is 0 Å². The topological polar surface area (TPSA) is 89.8 Å². The summed E-state index contributed by atoms with van der Waals surface area (Å²) in [7, 11) is 4.64. The van der Waals surface area contributed by atoms with Gasteiger partial charge in [0.1, 0.15) is 11.6 Å². The maximum absolute atomic E-state index is 12.5. The highest BCUT2D eigenvalue weighted by atomic mass is 35.5. The lowest BCUT2D eigenvalue weighted by Gasteiger charge is -2.13.